The van der Waals surface area contributed by atoms with Crippen molar-refractivity contribution in [2.24, 2.45) is 0 Å². The van der Waals surface area contributed by atoms with Crippen molar-refractivity contribution < 1.29 is 9.72 Å². The number of carbonyl (C=O) groups is 1. The summed E-state index contributed by atoms with van der Waals surface area (Å²) in [6.07, 6.45) is 0.988. The van der Waals surface area contributed by atoms with Crippen LogP contribution in [0.5, 0.6) is 0 Å². The molecule has 7 heteroatoms. The lowest BCUT2D eigenvalue weighted by molar-refractivity contribution is -0.384. The second-order valence-electron chi connectivity index (χ2n) is 5.92. The minimum Gasteiger partial charge on any atom is -0.350 e. The van der Waals surface area contributed by atoms with E-state index >= 15 is 0 Å². The van der Waals surface area contributed by atoms with Crippen LogP contribution in [-0.4, -0.2) is 23.9 Å². The highest BCUT2D eigenvalue weighted by Crippen LogP contribution is 2.22. The molecule has 1 atom stereocenters. The molecule has 1 amide bonds. The number of non-ortho nitro benzene ring substituents is 1. The number of nitrogens with one attached hydrogen (secondary N) is 2. The summed E-state index contributed by atoms with van der Waals surface area (Å²) in [7, 11) is 0. The summed E-state index contributed by atoms with van der Waals surface area (Å²) in [6, 6.07) is 12.6. The smallest absolute Gasteiger partial charge is 0.269 e. The largest absolute Gasteiger partial charge is 0.350 e. The van der Waals surface area contributed by atoms with Gasteiger partial charge in [-0.05, 0) is 42.6 Å². The van der Waals surface area contributed by atoms with Gasteiger partial charge >= 0.3 is 0 Å². The van der Waals surface area contributed by atoms with Gasteiger partial charge in [0.1, 0.15) is 0 Å². The molecule has 1 aliphatic heterocycles. The third-order valence-electron chi connectivity index (χ3n) is 4.35. The molecule has 0 fully saturated rings. The number of amides is 1. The van der Waals surface area contributed by atoms with Crippen molar-refractivity contribution in [1.82, 2.24) is 10.6 Å². The number of nitrogens with zero attached hydrogens (tertiary/aromatic N) is 1. The molecule has 1 heterocycles. The van der Waals surface area contributed by atoms with Gasteiger partial charge in [0.25, 0.3) is 11.6 Å². The van der Waals surface area contributed by atoms with Crippen molar-refractivity contribution in [3.05, 3.63) is 74.8 Å². The minimum absolute atomic E-state index is 0. The van der Waals surface area contributed by atoms with Gasteiger partial charge in [-0.3, -0.25) is 14.9 Å². The van der Waals surface area contributed by atoms with Gasteiger partial charge in [-0.25, -0.2) is 0 Å². The quantitative estimate of drug-likeness (QED) is 0.647. The van der Waals surface area contributed by atoms with E-state index in [9.17, 15) is 14.9 Å². The second-order valence-corrected chi connectivity index (χ2v) is 5.92. The molecule has 0 saturated carbocycles. The fourth-order valence-corrected chi connectivity index (χ4v) is 3.08. The van der Waals surface area contributed by atoms with Crippen LogP contribution < -0.4 is 10.6 Å². The van der Waals surface area contributed by atoms with E-state index in [-0.39, 0.29) is 30.0 Å². The lowest BCUT2D eigenvalue weighted by atomic mass is 9.94. The fourth-order valence-electron chi connectivity index (χ4n) is 3.08. The first-order valence-corrected chi connectivity index (χ1v) is 7.90. The van der Waals surface area contributed by atoms with E-state index in [4.69, 9.17) is 0 Å². The van der Waals surface area contributed by atoms with Crippen LogP contribution in [0.1, 0.15) is 33.1 Å². The van der Waals surface area contributed by atoms with Crippen molar-refractivity contribution >= 4 is 24.0 Å². The Morgan fingerprint density at radius 3 is 2.80 bits per heavy atom. The average Bonchev–Trinajstić information content (AvgIpc) is 2.59. The van der Waals surface area contributed by atoms with Gasteiger partial charge in [-0.15, -0.1) is 12.4 Å². The monoisotopic (exact) mass is 361 g/mol. The molecule has 3 rings (SSSR count). The summed E-state index contributed by atoms with van der Waals surface area (Å²) in [5.74, 6) is -0.216. The highest BCUT2D eigenvalue weighted by molar-refractivity contribution is 5.95. The number of hydrogen-bond acceptors (Lipinski definition) is 4. The highest BCUT2D eigenvalue weighted by Gasteiger charge is 2.20. The number of halogens is 1. The molecule has 6 nitrogen and oxygen atoms in total. The first-order chi connectivity index (χ1) is 11.6. The Balaban J connectivity index is 0.00000225. The van der Waals surface area contributed by atoms with Gasteiger partial charge < -0.3 is 10.6 Å². The first kappa shape index (κ1) is 18.9. The number of fused-ring (bicyclic) bond motifs is 1. The highest BCUT2D eigenvalue weighted by atomic mass is 35.5. The van der Waals surface area contributed by atoms with Gasteiger partial charge in [0, 0.05) is 30.3 Å². The molecule has 2 aromatic rings. The van der Waals surface area contributed by atoms with Gasteiger partial charge in [0.2, 0.25) is 0 Å². The third kappa shape index (κ3) is 4.15. The lowest BCUT2D eigenvalue weighted by Gasteiger charge is -2.27. The van der Waals surface area contributed by atoms with Crippen LogP contribution in [0.3, 0.4) is 0 Å². The molecular formula is C18H20ClN3O3. The zero-order valence-electron chi connectivity index (χ0n) is 13.8. The van der Waals surface area contributed by atoms with E-state index in [1.807, 2.05) is 12.1 Å². The van der Waals surface area contributed by atoms with Crippen LogP contribution in [0.25, 0.3) is 0 Å². The average molecular weight is 362 g/mol. The summed E-state index contributed by atoms with van der Waals surface area (Å²) in [5, 5.41) is 17.1. The number of nitro groups is 1. The predicted octanol–water partition coefficient (Wildman–Crippen LogP) is 2.94. The van der Waals surface area contributed by atoms with Gasteiger partial charge in [-0.1, -0.05) is 24.3 Å². The molecule has 2 N–H and O–H groups in total. The maximum Gasteiger partial charge on any atom is 0.269 e. The molecule has 25 heavy (non-hydrogen) atoms. The van der Waals surface area contributed by atoms with E-state index in [1.54, 1.807) is 6.92 Å². The van der Waals surface area contributed by atoms with E-state index in [0.717, 1.165) is 13.0 Å². The molecule has 0 saturated heterocycles. The van der Waals surface area contributed by atoms with Crippen molar-refractivity contribution in [3.63, 3.8) is 0 Å². The van der Waals surface area contributed by atoms with Gasteiger partial charge in [0.15, 0.2) is 0 Å². The number of carbonyl (C=O) groups excluding carboxylic acids is 1. The Hall–Kier alpha value is -2.44. The molecule has 1 unspecified atom stereocenters. The number of aryl methyl sites for hydroxylation is 1. The van der Waals surface area contributed by atoms with Crippen molar-refractivity contribution in [1.29, 1.82) is 0 Å². The predicted molar refractivity (Wildman–Crippen MR) is 98.3 cm³/mol. The van der Waals surface area contributed by atoms with Crippen LogP contribution in [-0.2, 0) is 6.42 Å². The van der Waals surface area contributed by atoms with Gasteiger partial charge in [0.05, 0.1) is 4.92 Å². The van der Waals surface area contributed by atoms with Crippen LogP contribution in [0.15, 0.2) is 42.5 Å². The van der Waals surface area contributed by atoms with E-state index in [2.05, 4.69) is 22.8 Å². The SMILES string of the molecule is Cc1cc([N+](=O)[O-])ccc1C(=O)NCC1NCCc2ccccc21.Cl. The first-order valence-electron chi connectivity index (χ1n) is 7.90. The topological polar surface area (TPSA) is 84.3 Å². The fraction of sp³-hybridized carbons (Fsp3) is 0.278. The van der Waals surface area contributed by atoms with Crippen molar-refractivity contribution in [2.45, 2.75) is 19.4 Å². The Labute approximate surface area is 152 Å². The van der Waals surface area contributed by atoms with Crippen LogP contribution >= 0.6 is 12.4 Å². The number of hydrogen-bond donors (Lipinski definition) is 2. The van der Waals surface area contributed by atoms with Crippen LogP contribution in [0.2, 0.25) is 0 Å². The summed E-state index contributed by atoms with van der Waals surface area (Å²) in [5.41, 5.74) is 3.57. The maximum atomic E-state index is 12.4. The zero-order valence-corrected chi connectivity index (χ0v) is 14.6. The molecule has 0 bridgehead atoms. The summed E-state index contributed by atoms with van der Waals surface area (Å²) in [6.45, 7) is 3.07. The number of benzene rings is 2. The van der Waals surface area contributed by atoms with Crippen LogP contribution in [0, 0.1) is 17.0 Å². The summed E-state index contributed by atoms with van der Waals surface area (Å²) in [4.78, 5) is 22.7. The van der Waals surface area contributed by atoms with Crippen molar-refractivity contribution in [2.75, 3.05) is 13.1 Å². The maximum absolute atomic E-state index is 12.4. The van der Waals surface area contributed by atoms with E-state index < -0.39 is 4.92 Å². The Bertz CT molecular complexity index is 795. The molecule has 0 radical (unpaired) electrons. The number of rotatable bonds is 4. The second kappa shape index (κ2) is 8.09. The number of nitro benzene ring substituents is 1. The molecule has 2 aromatic carbocycles. The lowest BCUT2D eigenvalue weighted by Crippen LogP contribution is -2.39. The Morgan fingerprint density at radius 1 is 1.32 bits per heavy atom. The van der Waals surface area contributed by atoms with E-state index in [1.165, 1.54) is 29.3 Å². The Morgan fingerprint density at radius 2 is 2.08 bits per heavy atom. The molecule has 0 aliphatic carbocycles. The molecule has 0 aromatic heterocycles. The molecule has 1 aliphatic rings. The zero-order chi connectivity index (χ0) is 17.1. The van der Waals surface area contributed by atoms with Gasteiger partial charge in [-0.2, -0.15) is 0 Å². The Kier molecular flexibility index (Phi) is 6.12. The van der Waals surface area contributed by atoms with Crippen LogP contribution in [0.4, 0.5) is 5.69 Å². The third-order valence-corrected chi connectivity index (χ3v) is 4.35. The van der Waals surface area contributed by atoms with E-state index in [0.29, 0.717) is 17.7 Å². The summed E-state index contributed by atoms with van der Waals surface area (Å²) < 4.78 is 0. The standard InChI is InChI=1S/C18H19N3O3.ClH/c1-12-10-14(21(23)24)6-7-15(12)18(22)20-11-17-16-5-3-2-4-13(16)8-9-19-17;/h2-7,10,17,19H,8-9,11H2,1H3,(H,20,22);1H. The normalized spacial score (nSPS) is 15.6. The minimum atomic E-state index is -0.461. The molecular weight excluding hydrogens is 342 g/mol. The molecule has 0 spiro atoms. The summed E-state index contributed by atoms with van der Waals surface area (Å²) >= 11 is 0. The molecule has 132 valence electrons. The van der Waals surface area contributed by atoms with Crippen molar-refractivity contribution in [3.8, 4) is 0 Å².